The van der Waals surface area contributed by atoms with Crippen LogP contribution in [-0.2, 0) is 6.42 Å². The summed E-state index contributed by atoms with van der Waals surface area (Å²) in [4.78, 5) is 7.29. The molecule has 2 aromatic rings. The number of hydrogen-bond donors (Lipinski definition) is 1. The highest BCUT2D eigenvalue weighted by molar-refractivity contribution is 5.52. The van der Waals surface area contributed by atoms with Crippen LogP contribution in [0.4, 0.5) is 0 Å². The summed E-state index contributed by atoms with van der Waals surface area (Å²) in [6, 6.07) is 8.21. The van der Waals surface area contributed by atoms with E-state index in [-0.39, 0.29) is 0 Å². The van der Waals surface area contributed by atoms with Gasteiger partial charge in [-0.15, -0.1) is 0 Å². The van der Waals surface area contributed by atoms with Gasteiger partial charge in [0.2, 0.25) is 0 Å². The second kappa shape index (κ2) is 3.92. The molecule has 14 heavy (non-hydrogen) atoms. The van der Waals surface area contributed by atoms with Gasteiger partial charge in [-0.2, -0.15) is 0 Å². The molecule has 0 atom stereocenters. The highest BCUT2D eigenvalue weighted by Gasteiger charge is 2.00. The Morgan fingerprint density at radius 2 is 2.21 bits per heavy atom. The third kappa shape index (κ3) is 1.74. The lowest BCUT2D eigenvalue weighted by atomic mass is 10.0. The molecule has 0 saturated heterocycles. The van der Waals surface area contributed by atoms with Crippen LogP contribution in [-0.4, -0.2) is 9.97 Å². The Hall–Kier alpha value is -1.83. The molecule has 2 rings (SSSR count). The third-order valence-electron chi connectivity index (χ3n) is 2.19. The lowest BCUT2D eigenvalue weighted by Crippen LogP contribution is -1.93. The van der Waals surface area contributed by atoms with Crippen molar-refractivity contribution in [1.82, 2.24) is 9.97 Å². The Bertz CT molecular complexity index is 416. The maximum absolute atomic E-state index is 4.20. The van der Waals surface area contributed by atoms with Crippen LogP contribution in [0.25, 0.3) is 6.08 Å². The third-order valence-corrected chi connectivity index (χ3v) is 2.19. The zero-order valence-electron chi connectivity index (χ0n) is 7.90. The van der Waals surface area contributed by atoms with Crippen molar-refractivity contribution in [2.45, 2.75) is 6.42 Å². The second-order valence-electron chi connectivity index (χ2n) is 3.12. The van der Waals surface area contributed by atoms with Crippen LogP contribution in [0.1, 0.15) is 17.0 Å². The highest BCUT2D eigenvalue weighted by atomic mass is 14.9. The fourth-order valence-corrected chi connectivity index (χ4v) is 1.47. The summed E-state index contributed by atoms with van der Waals surface area (Å²) in [5.74, 6) is 0.985. The Balaban J connectivity index is 2.28. The molecule has 0 saturated carbocycles. The van der Waals surface area contributed by atoms with Gasteiger partial charge in [-0.25, -0.2) is 4.98 Å². The van der Waals surface area contributed by atoms with E-state index in [0.717, 1.165) is 12.2 Å². The predicted octanol–water partition coefficient (Wildman–Crippen LogP) is 2.64. The van der Waals surface area contributed by atoms with Crippen LogP contribution in [0.3, 0.4) is 0 Å². The first kappa shape index (κ1) is 8.75. The van der Waals surface area contributed by atoms with Gasteiger partial charge in [-0.3, -0.25) is 0 Å². The number of hydrogen-bond acceptors (Lipinski definition) is 1. The highest BCUT2D eigenvalue weighted by Crippen LogP contribution is 2.12. The van der Waals surface area contributed by atoms with E-state index in [9.17, 15) is 0 Å². The predicted molar refractivity (Wildman–Crippen MR) is 57.9 cm³/mol. The minimum atomic E-state index is 0.829. The van der Waals surface area contributed by atoms with Crippen molar-refractivity contribution in [3.63, 3.8) is 0 Å². The Morgan fingerprint density at radius 3 is 2.93 bits per heavy atom. The van der Waals surface area contributed by atoms with Crippen molar-refractivity contribution in [1.29, 1.82) is 0 Å². The number of imidazole rings is 1. The summed E-state index contributed by atoms with van der Waals surface area (Å²) in [5.41, 5.74) is 2.42. The molecule has 1 N–H and O–H groups in total. The summed E-state index contributed by atoms with van der Waals surface area (Å²) in [6.07, 6.45) is 6.31. The average Bonchev–Trinajstić information content (AvgIpc) is 2.71. The largest absolute Gasteiger partial charge is 0.348 e. The molecule has 1 heterocycles. The number of benzene rings is 1. The van der Waals surface area contributed by atoms with Crippen LogP contribution in [0.2, 0.25) is 0 Å². The van der Waals surface area contributed by atoms with Crippen molar-refractivity contribution in [3.05, 3.63) is 60.2 Å². The van der Waals surface area contributed by atoms with Gasteiger partial charge in [0.25, 0.3) is 0 Å². The van der Waals surface area contributed by atoms with E-state index in [4.69, 9.17) is 0 Å². The zero-order valence-corrected chi connectivity index (χ0v) is 7.90. The molecule has 2 heteroatoms. The van der Waals surface area contributed by atoms with E-state index < -0.39 is 0 Å². The molecule has 0 unspecified atom stereocenters. The smallest absolute Gasteiger partial charge is 0.110 e. The number of rotatable bonds is 3. The van der Waals surface area contributed by atoms with Crippen molar-refractivity contribution in [2.24, 2.45) is 0 Å². The minimum absolute atomic E-state index is 0.829. The molecule has 0 aliphatic rings. The molecular formula is C12H12N2. The number of nitrogens with zero attached hydrogens (tertiary/aromatic N) is 1. The SMILES string of the molecule is C=Cc1ccccc1Cc1ncc[nH]1. The molecule has 2 nitrogen and oxygen atoms in total. The quantitative estimate of drug-likeness (QED) is 0.780. The summed E-state index contributed by atoms with van der Waals surface area (Å²) in [6.45, 7) is 3.79. The molecule has 0 aliphatic heterocycles. The van der Waals surface area contributed by atoms with Crippen molar-refractivity contribution >= 4 is 6.08 Å². The fraction of sp³-hybridized carbons (Fsp3) is 0.0833. The van der Waals surface area contributed by atoms with E-state index in [2.05, 4.69) is 28.7 Å². The average molecular weight is 184 g/mol. The van der Waals surface area contributed by atoms with Crippen LogP contribution < -0.4 is 0 Å². The van der Waals surface area contributed by atoms with E-state index in [0.29, 0.717) is 0 Å². The van der Waals surface area contributed by atoms with Gasteiger partial charge in [0.05, 0.1) is 0 Å². The van der Waals surface area contributed by atoms with Gasteiger partial charge in [0.15, 0.2) is 0 Å². The van der Waals surface area contributed by atoms with Gasteiger partial charge in [-0.1, -0.05) is 36.9 Å². The molecule has 0 spiro atoms. The molecule has 0 aliphatic carbocycles. The lowest BCUT2D eigenvalue weighted by Gasteiger charge is -2.02. The molecule has 70 valence electrons. The summed E-state index contributed by atoms with van der Waals surface area (Å²) >= 11 is 0. The molecule has 1 aromatic heterocycles. The second-order valence-corrected chi connectivity index (χ2v) is 3.12. The minimum Gasteiger partial charge on any atom is -0.348 e. The van der Waals surface area contributed by atoms with E-state index >= 15 is 0 Å². The van der Waals surface area contributed by atoms with Gasteiger partial charge in [0, 0.05) is 18.8 Å². The number of aromatic nitrogens is 2. The number of nitrogens with one attached hydrogen (secondary N) is 1. The van der Waals surface area contributed by atoms with Crippen LogP contribution >= 0.6 is 0 Å². The van der Waals surface area contributed by atoms with Crippen LogP contribution in [0.15, 0.2) is 43.2 Å². The van der Waals surface area contributed by atoms with Gasteiger partial charge >= 0.3 is 0 Å². The van der Waals surface area contributed by atoms with Crippen LogP contribution in [0, 0.1) is 0 Å². The molecular weight excluding hydrogens is 172 g/mol. The Morgan fingerprint density at radius 1 is 1.36 bits per heavy atom. The molecule has 0 amide bonds. The molecule has 0 radical (unpaired) electrons. The van der Waals surface area contributed by atoms with E-state index in [1.54, 1.807) is 6.20 Å². The van der Waals surface area contributed by atoms with Crippen molar-refractivity contribution in [3.8, 4) is 0 Å². The number of H-pyrrole nitrogens is 1. The normalized spacial score (nSPS) is 10.0. The van der Waals surface area contributed by atoms with Gasteiger partial charge in [-0.05, 0) is 11.1 Å². The lowest BCUT2D eigenvalue weighted by molar-refractivity contribution is 1.02. The zero-order chi connectivity index (χ0) is 9.80. The number of aromatic amines is 1. The van der Waals surface area contributed by atoms with Crippen LogP contribution in [0.5, 0.6) is 0 Å². The summed E-state index contributed by atoms with van der Waals surface area (Å²) in [7, 11) is 0. The standard InChI is InChI=1S/C12H12N2/c1-2-10-5-3-4-6-11(10)9-12-13-7-8-14-12/h2-8H,1,9H2,(H,13,14). The Kier molecular flexibility index (Phi) is 2.45. The van der Waals surface area contributed by atoms with Crippen molar-refractivity contribution < 1.29 is 0 Å². The van der Waals surface area contributed by atoms with E-state index in [1.165, 1.54) is 11.1 Å². The summed E-state index contributed by atoms with van der Waals surface area (Å²) < 4.78 is 0. The topological polar surface area (TPSA) is 28.7 Å². The Labute approximate surface area is 83.3 Å². The van der Waals surface area contributed by atoms with Crippen molar-refractivity contribution in [2.75, 3.05) is 0 Å². The fourth-order valence-electron chi connectivity index (χ4n) is 1.47. The molecule has 1 aromatic carbocycles. The van der Waals surface area contributed by atoms with Gasteiger partial charge in [0.1, 0.15) is 5.82 Å². The summed E-state index contributed by atoms with van der Waals surface area (Å²) in [5, 5.41) is 0. The first-order chi connectivity index (χ1) is 6.90. The maximum atomic E-state index is 4.20. The molecule has 0 bridgehead atoms. The molecule has 0 fully saturated rings. The first-order valence-electron chi connectivity index (χ1n) is 4.59. The van der Waals surface area contributed by atoms with E-state index in [1.807, 2.05) is 24.4 Å². The van der Waals surface area contributed by atoms with Gasteiger partial charge < -0.3 is 4.98 Å². The monoisotopic (exact) mass is 184 g/mol. The first-order valence-corrected chi connectivity index (χ1v) is 4.59. The maximum Gasteiger partial charge on any atom is 0.110 e.